The van der Waals surface area contributed by atoms with Crippen molar-refractivity contribution < 1.29 is 0 Å². The fourth-order valence-electron chi connectivity index (χ4n) is 0.915. The first-order valence-corrected chi connectivity index (χ1v) is 5.63. The average Bonchev–Trinajstić information content (AvgIpc) is 2.43. The smallest absolute Gasteiger partial charge is 0.0263 e. The lowest BCUT2D eigenvalue weighted by Crippen LogP contribution is -1.63. The third-order valence-corrected chi connectivity index (χ3v) is 1.71. The molecule has 0 N–H and O–H groups in total. The van der Waals surface area contributed by atoms with Crippen molar-refractivity contribution in [2.75, 3.05) is 0 Å². The first-order valence-electron chi connectivity index (χ1n) is 5.63. The number of allylic oxidation sites excluding steroid dienone is 4. The molecule has 90 valence electrons. The monoisotopic (exact) mass is 226 g/mol. The molecule has 0 aliphatic heterocycles. The van der Waals surface area contributed by atoms with Crippen LogP contribution in [0.25, 0.3) is 6.08 Å². The largest absolute Gasteiger partial charge is 0.124 e. The third-order valence-electron chi connectivity index (χ3n) is 1.71. The number of hydrogen-bond acceptors (Lipinski definition) is 0. The Kier molecular flexibility index (Phi) is 16.8. The van der Waals surface area contributed by atoms with Crippen LogP contribution in [0.15, 0.2) is 61.2 Å². The molecule has 0 amide bonds. The maximum Gasteiger partial charge on any atom is -0.0263 e. The van der Waals surface area contributed by atoms with Crippen molar-refractivity contribution in [1.82, 2.24) is 0 Å². The SMILES string of the molecule is C#C.C/C=C\C=C/CC.C=Cc1ccccc1. The quantitative estimate of drug-likeness (QED) is 0.496. The normalized spacial score (nSPS) is 8.94. The van der Waals surface area contributed by atoms with E-state index < -0.39 is 0 Å². The molecule has 0 atom stereocenters. The van der Waals surface area contributed by atoms with E-state index in [9.17, 15) is 0 Å². The van der Waals surface area contributed by atoms with Gasteiger partial charge in [0.05, 0.1) is 0 Å². The zero-order valence-electron chi connectivity index (χ0n) is 10.8. The van der Waals surface area contributed by atoms with E-state index in [0.29, 0.717) is 0 Å². The first-order chi connectivity index (χ1) is 8.35. The molecule has 1 aromatic carbocycles. The molecule has 0 aromatic heterocycles. The number of hydrogen-bond donors (Lipinski definition) is 0. The van der Waals surface area contributed by atoms with Crippen LogP contribution in [0, 0.1) is 12.8 Å². The Balaban J connectivity index is 0. The lowest BCUT2D eigenvalue weighted by molar-refractivity contribution is 1.22. The van der Waals surface area contributed by atoms with Crippen molar-refractivity contribution in [2.45, 2.75) is 20.3 Å². The fourth-order valence-corrected chi connectivity index (χ4v) is 0.915. The second-order valence-corrected chi connectivity index (χ2v) is 2.98. The molecule has 0 radical (unpaired) electrons. The molecule has 0 saturated carbocycles. The fraction of sp³-hybridized carbons (Fsp3) is 0.176. The summed E-state index contributed by atoms with van der Waals surface area (Å²) in [6, 6.07) is 10.0. The van der Waals surface area contributed by atoms with Crippen molar-refractivity contribution in [1.29, 1.82) is 0 Å². The number of terminal acetylenes is 1. The predicted octanol–water partition coefficient (Wildman–Crippen LogP) is 5.11. The summed E-state index contributed by atoms with van der Waals surface area (Å²) < 4.78 is 0. The summed E-state index contributed by atoms with van der Waals surface area (Å²) in [6.07, 6.45) is 19.2. The van der Waals surface area contributed by atoms with Crippen molar-refractivity contribution in [2.24, 2.45) is 0 Å². The molecular weight excluding hydrogens is 204 g/mol. The average molecular weight is 226 g/mol. The molecule has 0 heteroatoms. The van der Waals surface area contributed by atoms with E-state index >= 15 is 0 Å². The maximum absolute atomic E-state index is 4.00. The molecule has 0 fully saturated rings. The van der Waals surface area contributed by atoms with Crippen molar-refractivity contribution in [3.05, 3.63) is 66.8 Å². The number of benzene rings is 1. The predicted molar refractivity (Wildman–Crippen MR) is 80.7 cm³/mol. The topological polar surface area (TPSA) is 0 Å². The highest BCUT2D eigenvalue weighted by molar-refractivity contribution is 5.45. The molecule has 0 unspecified atom stereocenters. The molecular formula is C17H22. The van der Waals surface area contributed by atoms with E-state index in [-0.39, 0.29) is 0 Å². The molecule has 0 saturated heterocycles. The number of rotatable bonds is 3. The molecule has 17 heavy (non-hydrogen) atoms. The van der Waals surface area contributed by atoms with Crippen molar-refractivity contribution >= 4 is 6.08 Å². The summed E-state index contributed by atoms with van der Waals surface area (Å²) in [6.45, 7) is 7.77. The summed E-state index contributed by atoms with van der Waals surface area (Å²) in [5.74, 6) is 0. The van der Waals surface area contributed by atoms with Gasteiger partial charge in [-0.15, -0.1) is 12.8 Å². The Bertz CT molecular complexity index is 326. The molecule has 0 heterocycles. The third kappa shape index (κ3) is 14.0. The van der Waals surface area contributed by atoms with Crippen LogP contribution in [0.3, 0.4) is 0 Å². The standard InChI is InChI=1S/C8H8.C7H12.C2H2/c1-2-8-6-4-3-5-7-8;1-3-5-7-6-4-2;1-2/h2-7H,1H2;3,5-7H,4H2,1-2H3;1-2H/b;5-3-,7-6-;. The van der Waals surface area contributed by atoms with E-state index in [1.807, 2.05) is 55.5 Å². The van der Waals surface area contributed by atoms with Crippen LogP contribution in [-0.2, 0) is 0 Å². The minimum atomic E-state index is 1.13. The van der Waals surface area contributed by atoms with Gasteiger partial charge in [-0.25, -0.2) is 0 Å². The van der Waals surface area contributed by atoms with Gasteiger partial charge in [0, 0.05) is 0 Å². The van der Waals surface area contributed by atoms with E-state index in [1.165, 1.54) is 5.56 Å². The minimum absolute atomic E-state index is 1.13. The summed E-state index contributed by atoms with van der Waals surface area (Å²) in [5, 5.41) is 0. The lowest BCUT2D eigenvalue weighted by Gasteiger charge is -1.85. The van der Waals surface area contributed by atoms with Crippen molar-refractivity contribution in [3.63, 3.8) is 0 Å². The van der Waals surface area contributed by atoms with E-state index in [4.69, 9.17) is 0 Å². The van der Waals surface area contributed by atoms with E-state index in [0.717, 1.165) is 6.42 Å². The van der Waals surface area contributed by atoms with Crippen LogP contribution < -0.4 is 0 Å². The van der Waals surface area contributed by atoms with Gasteiger partial charge in [0.15, 0.2) is 0 Å². The Morgan fingerprint density at radius 2 is 1.71 bits per heavy atom. The Hall–Kier alpha value is -2.00. The van der Waals surface area contributed by atoms with Gasteiger partial charge in [0.1, 0.15) is 0 Å². The molecule has 0 nitrogen and oxygen atoms in total. The van der Waals surface area contributed by atoms with E-state index in [2.05, 4.69) is 38.5 Å². The van der Waals surface area contributed by atoms with Crippen LogP contribution in [0.4, 0.5) is 0 Å². The highest BCUT2D eigenvalue weighted by Crippen LogP contribution is 1.97. The van der Waals surface area contributed by atoms with Gasteiger partial charge < -0.3 is 0 Å². The van der Waals surface area contributed by atoms with Gasteiger partial charge in [-0.05, 0) is 18.9 Å². The molecule has 0 bridgehead atoms. The first kappa shape index (κ1) is 17.4. The van der Waals surface area contributed by atoms with Gasteiger partial charge in [-0.3, -0.25) is 0 Å². The lowest BCUT2D eigenvalue weighted by atomic mass is 10.2. The van der Waals surface area contributed by atoms with Gasteiger partial charge in [0.2, 0.25) is 0 Å². The molecule has 0 aliphatic carbocycles. The zero-order valence-corrected chi connectivity index (χ0v) is 10.8. The Morgan fingerprint density at radius 1 is 1.12 bits per heavy atom. The highest BCUT2D eigenvalue weighted by Gasteiger charge is 1.75. The molecule has 1 rings (SSSR count). The van der Waals surface area contributed by atoms with Gasteiger partial charge >= 0.3 is 0 Å². The molecule has 0 spiro atoms. The van der Waals surface area contributed by atoms with Gasteiger partial charge in [-0.2, -0.15) is 0 Å². The summed E-state index contributed by atoms with van der Waals surface area (Å²) in [7, 11) is 0. The second kappa shape index (κ2) is 16.4. The van der Waals surface area contributed by atoms with Crippen molar-refractivity contribution in [3.8, 4) is 12.8 Å². The van der Waals surface area contributed by atoms with Crippen LogP contribution in [-0.4, -0.2) is 0 Å². The summed E-state index contributed by atoms with van der Waals surface area (Å²) in [4.78, 5) is 0. The zero-order chi connectivity index (χ0) is 13.4. The summed E-state index contributed by atoms with van der Waals surface area (Å²) in [5.41, 5.74) is 1.17. The second-order valence-electron chi connectivity index (χ2n) is 2.98. The Labute approximate surface area is 106 Å². The molecule has 0 aliphatic rings. The van der Waals surface area contributed by atoms with Gasteiger partial charge in [-0.1, -0.05) is 74.2 Å². The van der Waals surface area contributed by atoms with Crippen LogP contribution in [0.5, 0.6) is 0 Å². The van der Waals surface area contributed by atoms with Gasteiger partial charge in [0.25, 0.3) is 0 Å². The minimum Gasteiger partial charge on any atom is -0.124 e. The van der Waals surface area contributed by atoms with Crippen LogP contribution >= 0.6 is 0 Å². The molecule has 1 aromatic rings. The van der Waals surface area contributed by atoms with E-state index in [1.54, 1.807) is 0 Å². The highest BCUT2D eigenvalue weighted by atomic mass is 13.8. The maximum atomic E-state index is 4.00. The summed E-state index contributed by atoms with van der Waals surface area (Å²) >= 11 is 0. The van der Waals surface area contributed by atoms with Crippen LogP contribution in [0.2, 0.25) is 0 Å². The Morgan fingerprint density at radius 3 is 2.06 bits per heavy atom. The van der Waals surface area contributed by atoms with Crippen LogP contribution in [0.1, 0.15) is 25.8 Å².